The van der Waals surface area contributed by atoms with Gasteiger partial charge in [0, 0.05) is 7.11 Å². The predicted octanol–water partition coefficient (Wildman–Crippen LogP) is 2.79. The summed E-state index contributed by atoms with van der Waals surface area (Å²) in [4.78, 5) is 10.8. The molecule has 0 spiro atoms. The first-order valence-electron chi connectivity index (χ1n) is 6.21. The normalized spacial score (nSPS) is 37.0. The summed E-state index contributed by atoms with van der Waals surface area (Å²) in [6.07, 6.45) is 3.35. The highest BCUT2D eigenvalue weighted by atomic mass is 16.5. The number of carbonyl (C=O) groups is 1. The summed E-state index contributed by atoms with van der Waals surface area (Å²) in [5.74, 6) is 0.736. The van der Waals surface area contributed by atoms with Gasteiger partial charge < -0.3 is 9.84 Å². The Kier molecular flexibility index (Phi) is 4.78. The van der Waals surface area contributed by atoms with Crippen LogP contribution in [0.5, 0.6) is 0 Å². The minimum absolute atomic E-state index is 0.219. The smallest absolute Gasteiger partial charge is 0.306 e. The van der Waals surface area contributed by atoms with Crippen LogP contribution in [0.4, 0.5) is 0 Å². The second-order valence-corrected chi connectivity index (χ2v) is 5.47. The lowest BCUT2D eigenvalue weighted by Gasteiger charge is -2.38. The summed E-state index contributed by atoms with van der Waals surface area (Å²) in [7, 11) is 1.78. The van der Waals surface area contributed by atoms with Crippen LogP contribution in [0.25, 0.3) is 0 Å². The Morgan fingerprint density at radius 3 is 2.25 bits per heavy atom. The van der Waals surface area contributed by atoms with Gasteiger partial charge in [-0.25, -0.2) is 0 Å². The molecule has 1 N–H and O–H groups in total. The standard InChI is InChI=1S/C13H24O3/c1-8-5-11(7-10(3)13(14)15)6-9(2)12(8)16-4/h8-12H,5-7H2,1-4H3,(H,14,15). The number of aliphatic carboxylic acids is 1. The molecule has 0 bridgehead atoms. The van der Waals surface area contributed by atoms with E-state index in [-0.39, 0.29) is 5.92 Å². The Bertz CT molecular complexity index is 227. The van der Waals surface area contributed by atoms with Crippen LogP contribution in [0.3, 0.4) is 0 Å². The Balaban J connectivity index is 2.51. The predicted molar refractivity (Wildman–Crippen MR) is 63.3 cm³/mol. The van der Waals surface area contributed by atoms with Crippen LogP contribution in [0, 0.1) is 23.7 Å². The Morgan fingerprint density at radius 2 is 1.88 bits per heavy atom. The highest BCUT2D eigenvalue weighted by Crippen LogP contribution is 2.37. The average molecular weight is 228 g/mol. The molecule has 1 aliphatic rings. The number of rotatable bonds is 4. The molecule has 0 aromatic rings. The first-order chi connectivity index (χ1) is 7.45. The van der Waals surface area contributed by atoms with E-state index in [1.165, 1.54) is 0 Å². The minimum atomic E-state index is -0.672. The Morgan fingerprint density at radius 1 is 1.38 bits per heavy atom. The highest BCUT2D eigenvalue weighted by molar-refractivity contribution is 5.69. The fourth-order valence-electron chi connectivity index (χ4n) is 3.23. The zero-order valence-electron chi connectivity index (χ0n) is 10.8. The van der Waals surface area contributed by atoms with Crippen LogP contribution in [0.2, 0.25) is 0 Å². The molecule has 0 radical (unpaired) electrons. The van der Waals surface area contributed by atoms with E-state index in [4.69, 9.17) is 9.84 Å². The van der Waals surface area contributed by atoms with E-state index >= 15 is 0 Å². The van der Waals surface area contributed by atoms with Crippen molar-refractivity contribution in [3.63, 3.8) is 0 Å². The van der Waals surface area contributed by atoms with Crippen molar-refractivity contribution in [1.82, 2.24) is 0 Å². The zero-order valence-corrected chi connectivity index (χ0v) is 10.8. The number of ether oxygens (including phenoxy) is 1. The second-order valence-electron chi connectivity index (χ2n) is 5.47. The van der Waals surface area contributed by atoms with E-state index in [9.17, 15) is 4.79 Å². The van der Waals surface area contributed by atoms with Crippen LogP contribution >= 0.6 is 0 Å². The lowest BCUT2D eigenvalue weighted by Crippen LogP contribution is -2.36. The van der Waals surface area contributed by atoms with Gasteiger partial charge in [-0.05, 0) is 37.0 Å². The van der Waals surface area contributed by atoms with Gasteiger partial charge >= 0.3 is 5.97 Å². The third-order valence-electron chi connectivity index (χ3n) is 3.91. The Hall–Kier alpha value is -0.570. The lowest BCUT2D eigenvalue weighted by atomic mass is 9.72. The second kappa shape index (κ2) is 5.67. The van der Waals surface area contributed by atoms with Gasteiger partial charge in [0.2, 0.25) is 0 Å². The maximum Gasteiger partial charge on any atom is 0.306 e. The molecule has 0 aromatic heterocycles. The van der Waals surface area contributed by atoms with Crippen LogP contribution in [-0.2, 0) is 9.53 Å². The summed E-state index contributed by atoms with van der Waals surface area (Å²) in [5.41, 5.74) is 0. The fourth-order valence-corrected chi connectivity index (χ4v) is 3.23. The quantitative estimate of drug-likeness (QED) is 0.804. The van der Waals surface area contributed by atoms with E-state index in [1.807, 2.05) is 0 Å². The molecule has 3 unspecified atom stereocenters. The molecule has 1 saturated carbocycles. The van der Waals surface area contributed by atoms with E-state index in [2.05, 4.69) is 13.8 Å². The molecular weight excluding hydrogens is 204 g/mol. The third kappa shape index (κ3) is 3.21. The van der Waals surface area contributed by atoms with Crippen LogP contribution < -0.4 is 0 Å². The number of carboxylic acids is 1. The molecule has 3 atom stereocenters. The SMILES string of the molecule is COC1C(C)CC(CC(C)C(=O)O)CC1C. The van der Waals surface area contributed by atoms with E-state index in [0.29, 0.717) is 23.9 Å². The summed E-state index contributed by atoms with van der Waals surface area (Å²) in [6.45, 7) is 6.23. The van der Waals surface area contributed by atoms with Crippen molar-refractivity contribution in [3.05, 3.63) is 0 Å². The monoisotopic (exact) mass is 228 g/mol. The maximum atomic E-state index is 10.8. The molecule has 1 fully saturated rings. The van der Waals surface area contributed by atoms with Gasteiger partial charge in [0.25, 0.3) is 0 Å². The molecule has 0 aromatic carbocycles. The van der Waals surface area contributed by atoms with Crippen molar-refractivity contribution in [2.75, 3.05) is 7.11 Å². The molecule has 0 heterocycles. The van der Waals surface area contributed by atoms with E-state index in [1.54, 1.807) is 14.0 Å². The first-order valence-corrected chi connectivity index (χ1v) is 6.21. The molecule has 0 amide bonds. The van der Waals surface area contributed by atoms with Gasteiger partial charge in [-0.2, -0.15) is 0 Å². The highest BCUT2D eigenvalue weighted by Gasteiger charge is 2.34. The summed E-state index contributed by atoms with van der Waals surface area (Å²) in [6, 6.07) is 0. The summed E-state index contributed by atoms with van der Waals surface area (Å²) < 4.78 is 5.50. The molecule has 3 heteroatoms. The average Bonchev–Trinajstić information content (AvgIpc) is 2.16. The van der Waals surface area contributed by atoms with Crippen molar-refractivity contribution in [1.29, 1.82) is 0 Å². The van der Waals surface area contributed by atoms with Crippen molar-refractivity contribution in [2.24, 2.45) is 23.7 Å². The van der Waals surface area contributed by atoms with Gasteiger partial charge in [-0.15, -0.1) is 0 Å². The fraction of sp³-hybridized carbons (Fsp3) is 0.923. The summed E-state index contributed by atoms with van der Waals surface area (Å²) >= 11 is 0. The van der Waals surface area contributed by atoms with Crippen molar-refractivity contribution < 1.29 is 14.6 Å². The van der Waals surface area contributed by atoms with Crippen LogP contribution in [0.1, 0.15) is 40.0 Å². The zero-order chi connectivity index (χ0) is 12.3. The molecule has 3 nitrogen and oxygen atoms in total. The number of methoxy groups -OCH3 is 1. The van der Waals surface area contributed by atoms with Crippen molar-refractivity contribution in [3.8, 4) is 0 Å². The largest absolute Gasteiger partial charge is 0.481 e. The third-order valence-corrected chi connectivity index (χ3v) is 3.91. The molecular formula is C13H24O3. The number of hydrogen-bond acceptors (Lipinski definition) is 2. The molecule has 94 valence electrons. The molecule has 1 rings (SSSR count). The number of carboxylic acid groups (broad SMARTS) is 1. The van der Waals surface area contributed by atoms with Crippen LogP contribution in [-0.4, -0.2) is 24.3 Å². The topological polar surface area (TPSA) is 46.5 Å². The van der Waals surface area contributed by atoms with Crippen LogP contribution in [0.15, 0.2) is 0 Å². The van der Waals surface area contributed by atoms with E-state index in [0.717, 1.165) is 19.3 Å². The van der Waals surface area contributed by atoms with Gasteiger partial charge in [-0.1, -0.05) is 20.8 Å². The molecule has 16 heavy (non-hydrogen) atoms. The Labute approximate surface area is 98.2 Å². The lowest BCUT2D eigenvalue weighted by molar-refractivity contribution is -0.142. The summed E-state index contributed by atoms with van der Waals surface area (Å²) in [5, 5.41) is 8.92. The molecule has 0 aliphatic heterocycles. The minimum Gasteiger partial charge on any atom is -0.481 e. The molecule has 1 aliphatic carbocycles. The van der Waals surface area contributed by atoms with Crippen molar-refractivity contribution in [2.45, 2.75) is 46.1 Å². The number of hydrogen-bond donors (Lipinski definition) is 1. The van der Waals surface area contributed by atoms with E-state index < -0.39 is 5.97 Å². The maximum absolute atomic E-state index is 10.8. The van der Waals surface area contributed by atoms with Gasteiger partial charge in [0.05, 0.1) is 12.0 Å². The van der Waals surface area contributed by atoms with Gasteiger partial charge in [-0.3, -0.25) is 4.79 Å². The first kappa shape index (κ1) is 13.5. The van der Waals surface area contributed by atoms with Gasteiger partial charge in [0.15, 0.2) is 0 Å². The van der Waals surface area contributed by atoms with Crippen molar-refractivity contribution >= 4 is 5.97 Å². The molecule has 0 saturated heterocycles. The van der Waals surface area contributed by atoms with Gasteiger partial charge in [0.1, 0.15) is 0 Å².